The van der Waals surface area contributed by atoms with Crippen LogP contribution in [-0.4, -0.2) is 66.7 Å². The van der Waals surface area contributed by atoms with Gasteiger partial charge < -0.3 is 25.8 Å². The summed E-state index contributed by atoms with van der Waals surface area (Å²) in [6.07, 6.45) is 2.87. The van der Waals surface area contributed by atoms with Crippen LogP contribution in [0.1, 0.15) is 25.7 Å². The molecule has 172 valence electrons. The van der Waals surface area contributed by atoms with E-state index in [1.807, 2.05) is 4.90 Å². The quantitative estimate of drug-likeness (QED) is 0.385. The summed E-state index contributed by atoms with van der Waals surface area (Å²) in [6, 6.07) is 5.24. The molecule has 0 bridgehead atoms. The van der Waals surface area contributed by atoms with Crippen molar-refractivity contribution in [2.45, 2.75) is 31.7 Å². The number of rotatable bonds is 5. The number of benzene rings is 1. The summed E-state index contributed by atoms with van der Waals surface area (Å²) in [5, 5.41) is 18.8. The fourth-order valence-corrected chi connectivity index (χ4v) is 5.38. The Balaban J connectivity index is 1.41. The Morgan fingerprint density at radius 1 is 1.19 bits per heavy atom. The van der Waals surface area contributed by atoms with Crippen LogP contribution >= 0.6 is 23.2 Å². The summed E-state index contributed by atoms with van der Waals surface area (Å²) in [4.78, 5) is 28.6. The molecule has 3 aliphatic rings. The van der Waals surface area contributed by atoms with Crippen molar-refractivity contribution in [1.82, 2.24) is 20.4 Å². The van der Waals surface area contributed by atoms with Crippen LogP contribution in [0.15, 0.2) is 29.6 Å². The Labute approximate surface area is 197 Å². The second-order valence-electron chi connectivity index (χ2n) is 8.45. The second-order valence-corrected chi connectivity index (χ2v) is 9.32. The molecule has 2 atom stereocenters. The maximum Gasteiger partial charge on any atom is 0.241 e. The van der Waals surface area contributed by atoms with Gasteiger partial charge in [-0.05, 0) is 43.4 Å². The summed E-state index contributed by atoms with van der Waals surface area (Å²) in [7, 11) is 1.75. The third-order valence-electron chi connectivity index (χ3n) is 6.51. The number of amides is 2. The second kappa shape index (κ2) is 9.58. The first kappa shape index (κ1) is 22.7. The average Bonchev–Trinajstić information content (AvgIpc) is 3.19. The minimum absolute atomic E-state index is 0.0120. The van der Waals surface area contributed by atoms with Crippen molar-refractivity contribution in [3.8, 4) is 0 Å². The molecule has 32 heavy (non-hydrogen) atoms. The largest absolute Gasteiger partial charge is 0.376 e. The minimum atomic E-state index is -0.0341. The van der Waals surface area contributed by atoms with E-state index >= 15 is 0 Å². The van der Waals surface area contributed by atoms with Crippen LogP contribution < -0.4 is 16.0 Å². The normalized spacial score (nSPS) is 23.0. The molecular weight excluding hydrogens is 451 g/mol. The van der Waals surface area contributed by atoms with E-state index in [2.05, 4.69) is 20.9 Å². The molecule has 0 aliphatic carbocycles. The van der Waals surface area contributed by atoms with Crippen molar-refractivity contribution in [3.63, 3.8) is 0 Å². The fourth-order valence-electron chi connectivity index (χ4n) is 4.85. The molecular formula is C22H28Cl2N6O2. The molecule has 8 nitrogen and oxygen atoms in total. The van der Waals surface area contributed by atoms with Gasteiger partial charge in [0, 0.05) is 54.4 Å². The molecule has 3 heterocycles. The minimum Gasteiger partial charge on any atom is -0.376 e. The molecule has 4 N–H and O–H groups in total. The number of hydrogen-bond acceptors (Lipinski definition) is 5. The number of hydrogen-bond donors (Lipinski definition) is 4. The Hall–Kier alpha value is -2.45. The number of carbonyl (C=O) groups is 2. The Morgan fingerprint density at radius 3 is 2.62 bits per heavy atom. The Kier molecular flexibility index (Phi) is 6.81. The van der Waals surface area contributed by atoms with Gasteiger partial charge >= 0.3 is 0 Å². The summed E-state index contributed by atoms with van der Waals surface area (Å²) in [6.45, 7) is 2.27. The molecule has 1 aromatic carbocycles. The van der Waals surface area contributed by atoms with Crippen LogP contribution in [0.25, 0.3) is 0 Å². The van der Waals surface area contributed by atoms with Gasteiger partial charge in [-0.3, -0.25) is 15.0 Å². The first-order chi connectivity index (χ1) is 15.4. The number of carbonyl (C=O) groups excluding carboxylic acids is 2. The molecule has 2 saturated heterocycles. The van der Waals surface area contributed by atoms with Gasteiger partial charge in [-0.1, -0.05) is 23.2 Å². The first-order valence-corrected chi connectivity index (χ1v) is 11.7. The van der Waals surface area contributed by atoms with E-state index < -0.39 is 0 Å². The van der Waals surface area contributed by atoms with Gasteiger partial charge in [0.05, 0.1) is 12.6 Å². The van der Waals surface area contributed by atoms with E-state index in [1.165, 1.54) is 0 Å². The van der Waals surface area contributed by atoms with Crippen LogP contribution in [0.5, 0.6) is 0 Å². The van der Waals surface area contributed by atoms with Gasteiger partial charge in [0.1, 0.15) is 11.7 Å². The van der Waals surface area contributed by atoms with Gasteiger partial charge in [0.25, 0.3) is 0 Å². The van der Waals surface area contributed by atoms with Crippen LogP contribution in [0, 0.1) is 11.3 Å². The maximum atomic E-state index is 12.9. The highest BCUT2D eigenvalue weighted by atomic mass is 35.5. The highest BCUT2D eigenvalue weighted by molar-refractivity contribution is 6.35. The topological polar surface area (TPSA) is 101 Å². The van der Waals surface area contributed by atoms with Crippen molar-refractivity contribution in [2.75, 3.05) is 38.5 Å². The number of amidine groups is 1. The average molecular weight is 479 g/mol. The highest BCUT2D eigenvalue weighted by Crippen LogP contribution is 2.34. The van der Waals surface area contributed by atoms with Crippen LogP contribution in [0.3, 0.4) is 0 Å². The van der Waals surface area contributed by atoms with Gasteiger partial charge in [0.2, 0.25) is 11.8 Å². The number of anilines is 1. The number of nitrogens with one attached hydrogen (secondary N) is 4. The predicted octanol–water partition coefficient (Wildman–Crippen LogP) is 2.65. The van der Waals surface area contributed by atoms with Crippen LogP contribution in [0.4, 0.5) is 5.69 Å². The standard InChI is InChI=1S/C22H28Cl2N6O2/c1-26-22-17(2-3-19(31)28-22)21(25)30-7-5-13-4-6-29(12-18(13)30)20(32)11-27-16-9-14(23)8-15(24)10-16/h8-10,13,18,25-27H,2-7,11-12H2,1H3,(H,28,31). The zero-order valence-electron chi connectivity index (χ0n) is 18.0. The molecule has 2 unspecified atom stereocenters. The number of fused-ring (bicyclic) bond motifs is 1. The van der Waals surface area contributed by atoms with E-state index in [1.54, 1.807) is 25.2 Å². The highest BCUT2D eigenvalue weighted by Gasteiger charge is 2.41. The molecule has 4 rings (SSSR count). The van der Waals surface area contributed by atoms with Gasteiger partial charge in [-0.15, -0.1) is 0 Å². The number of piperidine rings is 1. The van der Waals surface area contributed by atoms with Gasteiger partial charge in [0.15, 0.2) is 0 Å². The molecule has 0 spiro atoms. The zero-order chi connectivity index (χ0) is 22.8. The molecule has 2 fully saturated rings. The van der Waals surface area contributed by atoms with E-state index in [-0.39, 0.29) is 24.4 Å². The molecule has 0 saturated carbocycles. The van der Waals surface area contributed by atoms with E-state index in [9.17, 15) is 9.59 Å². The van der Waals surface area contributed by atoms with E-state index in [4.69, 9.17) is 28.6 Å². The Morgan fingerprint density at radius 2 is 1.91 bits per heavy atom. The molecule has 2 amide bonds. The number of halogens is 2. The molecule has 0 aromatic heterocycles. The molecule has 10 heteroatoms. The van der Waals surface area contributed by atoms with Crippen molar-refractivity contribution in [2.24, 2.45) is 5.92 Å². The van der Waals surface area contributed by atoms with Crippen molar-refractivity contribution in [1.29, 1.82) is 5.41 Å². The smallest absolute Gasteiger partial charge is 0.241 e. The molecule has 3 aliphatic heterocycles. The lowest BCUT2D eigenvalue weighted by molar-refractivity contribution is -0.131. The third kappa shape index (κ3) is 4.81. The van der Waals surface area contributed by atoms with Crippen molar-refractivity contribution >= 4 is 46.5 Å². The molecule has 0 radical (unpaired) electrons. The van der Waals surface area contributed by atoms with Gasteiger partial charge in [-0.25, -0.2) is 0 Å². The Bertz CT molecular complexity index is 945. The zero-order valence-corrected chi connectivity index (χ0v) is 19.5. The van der Waals surface area contributed by atoms with Crippen molar-refractivity contribution in [3.05, 3.63) is 39.6 Å². The monoisotopic (exact) mass is 478 g/mol. The number of nitrogens with zero attached hydrogens (tertiary/aromatic N) is 2. The van der Waals surface area contributed by atoms with Crippen molar-refractivity contribution < 1.29 is 9.59 Å². The third-order valence-corrected chi connectivity index (χ3v) is 6.95. The predicted molar refractivity (Wildman–Crippen MR) is 126 cm³/mol. The van der Waals surface area contributed by atoms with E-state index in [0.717, 1.165) is 31.5 Å². The fraction of sp³-hybridized carbons (Fsp3) is 0.500. The lowest BCUT2D eigenvalue weighted by Gasteiger charge is -2.40. The summed E-state index contributed by atoms with van der Waals surface area (Å²) >= 11 is 12.1. The summed E-state index contributed by atoms with van der Waals surface area (Å²) < 4.78 is 0. The van der Waals surface area contributed by atoms with Crippen LogP contribution in [0.2, 0.25) is 10.0 Å². The maximum absolute atomic E-state index is 12.9. The summed E-state index contributed by atoms with van der Waals surface area (Å²) in [5.74, 6) is 1.51. The summed E-state index contributed by atoms with van der Waals surface area (Å²) in [5.41, 5.74) is 1.54. The molecule has 1 aromatic rings. The van der Waals surface area contributed by atoms with Gasteiger partial charge in [-0.2, -0.15) is 0 Å². The number of likely N-dealkylation sites (tertiary alicyclic amines) is 2. The lowest BCUT2D eigenvalue weighted by atomic mass is 9.91. The lowest BCUT2D eigenvalue weighted by Crippen LogP contribution is -2.53. The SMILES string of the molecule is CNC1=C(C(=N)N2CCC3CCN(C(=O)CNc4cc(Cl)cc(Cl)c4)CC32)CCC(=O)N1. The van der Waals surface area contributed by atoms with Crippen LogP contribution in [-0.2, 0) is 9.59 Å². The van der Waals surface area contributed by atoms with E-state index in [0.29, 0.717) is 52.7 Å². The first-order valence-electron chi connectivity index (χ1n) is 10.9.